The maximum atomic E-state index is 6.76. The molecule has 250 valence electrons. The van der Waals surface area contributed by atoms with Gasteiger partial charge in [-0.3, -0.25) is 0 Å². The number of rotatable bonds is 5. The Labute approximate surface area is 311 Å². The number of allylic oxidation sites excluding steroid dienone is 5. The second-order valence-electron chi connectivity index (χ2n) is 14.0. The number of furan rings is 1. The maximum absolute atomic E-state index is 6.76. The van der Waals surface area contributed by atoms with E-state index in [4.69, 9.17) is 4.42 Å². The predicted molar refractivity (Wildman–Crippen MR) is 226 cm³/mol. The van der Waals surface area contributed by atoms with Gasteiger partial charge in [-0.2, -0.15) is 0 Å². The van der Waals surface area contributed by atoms with Gasteiger partial charge in [-0.05, 0) is 76.3 Å². The van der Waals surface area contributed by atoms with Crippen LogP contribution in [0.3, 0.4) is 0 Å². The SMILES string of the molecule is C1=CC2C=Cc3cc(N(c4ccc5c(c4)sc4cc(-c6ccccc6)ccc45)c4ccc(-c5ccccc5)c5oc6ccccc6c45)ccc3C2C=C1. The van der Waals surface area contributed by atoms with Crippen LogP contribution in [0.5, 0.6) is 0 Å². The van der Waals surface area contributed by atoms with Crippen molar-refractivity contribution < 1.29 is 4.42 Å². The van der Waals surface area contributed by atoms with E-state index >= 15 is 0 Å². The average Bonchev–Trinajstić information content (AvgIpc) is 3.80. The number of hydrogen-bond acceptors (Lipinski definition) is 3. The van der Waals surface area contributed by atoms with Crippen LogP contribution in [0.4, 0.5) is 17.1 Å². The zero-order valence-corrected chi connectivity index (χ0v) is 29.6. The summed E-state index contributed by atoms with van der Waals surface area (Å²) in [5.41, 5.74) is 12.5. The minimum Gasteiger partial charge on any atom is -0.455 e. The largest absolute Gasteiger partial charge is 0.455 e. The van der Waals surface area contributed by atoms with Crippen LogP contribution >= 0.6 is 11.3 Å². The van der Waals surface area contributed by atoms with Crippen LogP contribution in [0.1, 0.15) is 17.0 Å². The predicted octanol–water partition coefficient (Wildman–Crippen LogP) is 14.6. The van der Waals surface area contributed by atoms with Gasteiger partial charge in [0, 0.05) is 54.3 Å². The number of nitrogens with zero attached hydrogens (tertiary/aromatic N) is 1. The molecule has 0 saturated carbocycles. The first-order chi connectivity index (χ1) is 26.3. The van der Waals surface area contributed by atoms with Crippen molar-refractivity contribution in [3.8, 4) is 22.3 Å². The van der Waals surface area contributed by atoms with Crippen LogP contribution in [-0.4, -0.2) is 0 Å². The van der Waals surface area contributed by atoms with Crippen molar-refractivity contribution >= 4 is 76.6 Å². The Morgan fingerprint density at radius 1 is 0.528 bits per heavy atom. The third-order valence-electron chi connectivity index (χ3n) is 11.0. The first-order valence-corrected chi connectivity index (χ1v) is 19.1. The lowest BCUT2D eigenvalue weighted by atomic mass is 9.77. The van der Waals surface area contributed by atoms with E-state index in [9.17, 15) is 0 Å². The van der Waals surface area contributed by atoms with Crippen LogP contribution in [0.25, 0.3) is 70.4 Å². The van der Waals surface area contributed by atoms with Crippen molar-refractivity contribution in [3.63, 3.8) is 0 Å². The molecule has 0 amide bonds. The molecule has 0 fully saturated rings. The summed E-state index contributed by atoms with van der Waals surface area (Å²) in [7, 11) is 0. The third kappa shape index (κ3) is 4.92. The van der Waals surface area contributed by atoms with Crippen molar-refractivity contribution in [2.24, 2.45) is 5.92 Å². The summed E-state index contributed by atoms with van der Waals surface area (Å²) in [6.45, 7) is 0. The molecule has 0 N–H and O–H groups in total. The third-order valence-corrected chi connectivity index (χ3v) is 12.1. The molecule has 3 heteroatoms. The normalized spacial score (nSPS) is 16.1. The maximum Gasteiger partial charge on any atom is 0.145 e. The molecule has 2 unspecified atom stereocenters. The van der Waals surface area contributed by atoms with Crippen molar-refractivity contribution in [1.82, 2.24) is 0 Å². The molecular weight excluding hydrogens is 663 g/mol. The number of benzene rings is 7. The molecule has 2 aromatic heterocycles. The van der Waals surface area contributed by atoms with E-state index in [1.54, 1.807) is 0 Å². The van der Waals surface area contributed by atoms with E-state index in [1.165, 1.54) is 42.4 Å². The van der Waals surface area contributed by atoms with E-state index in [0.29, 0.717) is 11.8 Å². The number of fused-ring (bicyclic) bond motifs is 9. The van der Waals surface area contributed by atoms with E-state index in [0.717, 1.165) is 50.1 Å². The minimum atomic E-state index is 0.354. The summed E-state index contributed by atoms with van der Waals surface area (Å²) in [4.78, 5) is 2.44. The van der Waals surface area contributed by atoms with Crippen molar-refractivity contribution in [2.45, 2.75) is 5.92 Å². The molecule has 9 aromatic rings. The fourth-order valence-corrected chi connectivity index (χ4v) is 9.65. The van der Waals surface area contributed by atoms with Crippen LogP contribution in [-0.2, 0) is 0 Å². The zero-order chi connectivity index (χ0) is 34.9. The van der Waals surface area contributed by atoms with Crippen molar-refractivity contribution in [3.05, 3.63) is 193 Å². The van der Waals surface area contributed by atoms with Gasteiger partial charge in [0.15, 0.2) is 0 Å². The highest BCUT2D eigenvalue weighted by molar-refractivity contribution is 7.25. The molecule has 53 heavy (non-hydrogen) atoms. The molecule has 0 radical (unpaired) electrons. The van der Waals surface area contributed by atoms with E-state index < -0.39 is 0 Å². The molecule has 7 aromatic carbocycles. The molecule has 2 aliphatic carbocycles. The van der Waals surface area contributed by atoms with E-state index in [2.05, 4.69) is 193 Å². The van der Waals surface area contributed by atoms with Gasteiger partial charge in [0.25, 0.3) is 0 Å². The molecule has 2 atom stereocenters. The molecule has 2 nitrogen and oxygen atoms in total. The average molecular weight is 696 g/mol. The number of hydrogen-bond donors (Lipinski definition) is 0. The van der Waals surface area contributed by atoms with Crippen LogP contribution in [0.15, 0.2) is 186 Å². The molecule has 0 spiro atoms. The van der Waals surface area contributed by atoms with Gasteiger partial charge >= 0.3 is 0 Å². The lowest BCUT2D eigenvalue weighted by Gasteiger charge is -2.31. The topological polar surface area (TPSA) is 16.4 Å². The zero-order valence-electron chi connectivity index (χ0n) is 28.8. The first kappa shape index (κ1) is 30.2. The summed E-state index contributed by atoms with van der Waals surface area (Å²) in [6.07, 6.45) is 13.7. The fourth-order valence-electron chi connectivity index (χ4n) is 8.47. The first-order valence-electron chi connectivity index (χ1n) is 18.3. The summed E-state index contributed by atoms with van der Waals surface area (Å²) in [6, 6.07) is 55.1. The molecule has 2 aliphatic rings. The van der Waals surface area contributed by atoms with E-state index in [1.807, 2.05) is 11.3 Å². The van der Waals surface area contributed by atoms with Crippen molar-refractivity contribution in [2.75, 3.05) is 4.90 Å². The molecule has 11 rings (SSSR count). The Balaban J connectivity index is 1.14. The number of anilines is 3. The highest BCUT2D eigenvalue weighted by Gasteiger charge is 2.27. The number of para-hydroxylation sites is 1. The van der Waals surface area contributed by atoms with Gasteiger partial charge in [0.1, 0.15) is 11.2 Å². The highest BCUT2D eigenvalue weighted by Crippen LogP contribution is 2.49. The Hall–Kier alpha value is -6.42. The quantitative estimate of drug-likeness (QED) is 0.178. The van der Waals surface area contributed by atoms with Gasteiger partial charge in [-0.1, -0.05) is 140 Å². The summed E-state index contributed by atoms with van der Waals surface area (Å²) >= 11 is 1.86. The van der Waals surface area contributed by atoms with Crippen molar-refractivity contribution in [1.29, 1.82) is 0 Å². The summed E-state index contributed by atoms with van der Waals surface area (Å²) < 4.78 is 9.32. The smallest absolute Gasteiger partial charge is 0.145 e. The Morgan fingerprint density at radius 2 is 1.25 bits per heavy atom. The monoisotopic (exact) mass is 695 g/mol. The summed E-state index contributed by atoms with van der Waals surface area (Å²) in [5, 5.41) is 4.79. The molecule has 2 heterocycles. The number of thiophene rings is 1. The van der Waals surface area contributed by atoms with Gasteiger partial charge in [-0.25, -0.2) is 0 Å². The van der Waals surface area contributed by atoms with E-state index in [-0.39, 0.29) is 0 Å². The second-order valence-corrected chi connectivity index (χ2v) is 15.1. The standard InChI is InChI=1S/C50H33NOS/c1-3-11-32(12-4-1)35-21-24-42-43-26-23-38(31-48(43)53-47(42)30-35)51(37-22-25-40-36(29-37)20-19-34-15-7-8-16-39(34)40)45-28-27-41(33-13-5-2-6-14-33)50-49(45)44-17-9-10-18-46(44)52-50/h1-31,34,39H. The molecule has 0 aliphatic heterocycles. The van der Waals surface area contributed by atoms with Gasteiger partial charge in [0.2, 0.25) is 0 Å². The van der Waals surface area contributed by atoms with Crippen LogP contribution in [0, 0.1) is 5.92 Å². The minimum absolute atomic E-state index is 0.354. The Kier molecular flexibility index (Phi) is 6.89. The van der Waals surface area contributed by atoms with Crippen LogP contribution < -0.4 is 4.90 Å². The van der Waals surface area contributed by atoms with Gasteiger partial charge < -0.3 is 9.32 Å². The fraction of sp³-hybridized carbons (Fsp3) is 0.0400. The van der Waals surface area contributed by atoms with Gasteiger partial charge in [-0.15, -0.1) is 11.3 Å². The Bertz CT molecular complexity index is 2960. The second kappa shape index (κ2) is 12.1. The highest BCUT2D eigenvalue weighted by atomic mass is 32.1. The molecule has 0 bridgehead atoms. The lowest BCUT2D eigenvalue weighted by Crippen LogP contribution is -2.15. The van der Waals surface area contributed by atoms with Gasteiger partial charge in [0.05, 0.1) is 11.1 Å². The van der Waals surface area contributed by atoms with Crippen LogP contribution in [0.2, 0.25) is 0 Å². The lowest BCUT2D eigenvalue weighted by molar-refractivity contribution is 0.670. The summed E-state index contributed by atoms with van der Waals surface area (Å²) in [5.74, 6) is 0.752. The molecular formula is C50H33NOS. The Morgan fingerprint density at radius 3 is 2.11 bits per heavy atom. The molecule has 0 saturated heterocycles.